The van der Waals surface area contributed by atoms with Gasteiger partial charge in [-0.05, 0) is 75.3 Å². The number of methoxy groups -OCH3 is 2. The first-order chi connectivity index (χ1) is 25.0. The van der Waals surface area contributed by atoms with Gasteiger partial charge in [-0.1, -0.05) is 64.8 Å². The van der Waals surface area contributed by atoms with Crippen LogP contribution in [0.15, 0.2) is 106 Å². The van der Waals surface area contributed by atoms with Crippen LogP contribution in [-0.4, -0.2) is 49.9 Å². The Balaban J connectivity index is 1.64. The van der Waals surface area contributed by atoms with Crippen LogP contribution in [0.1, 0.15) is 45.9 Å². The normalized spacial score (nSPS) is 16.1. The molecule has 0 bridgehead atoms. The standard InChI is InChI=1S/C37H38N8O6/c1-48-32-17-12-25(20-33(32)49-2)22-40-36(47)37(21-27-8-3-4-9-28(27)23-41-44-38)34(31-11-6-5-10-29(31)24-42-45-39)51-35(43-37)26-13-15-30(16-14-26)50-19-7-18-46/h3-6,8-17,20,34,46H,7,18-19,21-24H2,1-2H3,(H,40,47)/t34-,37-/m1/s1. The van der Waals surface area contributed by atoms with Crippen molar-refractivity contribution >= 4 is 11.8 Å². The highest BCUT2D eigenvalue weighted by Gasteiger charge is 2.54. The van der Waals surface area contributed by atoms with Crippen LogP contribution in [-0.2, 0) is 35.6 Å². The quantitative estimate of drug-likeness (QED) is 0.0523. The molecule has 1 aliphatic rings. The summed E-state index contributed by atoms with van der Waals surface area (Å²) >= 11 is 0. The van der Waals surface area contributed by atoms with E-state index in [-0.39, 0.29) is 38.6 Å². The molecule has 0 spiro atoms. The molecule has 1 aliphatic heterocycles. The Kier molecular flexibility index (Phi) is 12.4. The van der Waals surface area contributed by atoms with Crippen molar-refractivity contribution in [2.24, 2.45) is 15.2 Å². The largest absolute Gasteiger partial charge is 0.494 e. The van der Waals surface area contributed by atoms with Crippen molar-refractivity contribution in [1.82, 2.24) is 5.32 Å². The lowest BCUT2D eigenvalue weighted by atomic mass is 9.79. The van der Waals surface area contributed by atoms with E-state index in [2.05, 4.69) is 25.4 Å². The molecule has 14 nitrogen and oxygen atoms in total. The van der Waals surface area contributed by atoms with Crippen LogP contribution < -0.4 is 19.5 Å². The van der Waals surface area contributed by atoms with Crippen LogP contribution in [0.5, 0.6) is 17.2 Å². The van der Waals surface area contributed by atoms with Gasteiger partial charge in [-0.15, -0.1) is 0 Å². The van der Waals surface area contributed by atoms with Gasteiger partial charge in [0, 0.05) is 41.4 Å². The Morgan fingerprint density at radius 2 is 1.57 bits per heavy atom. The highest BCUT2D eigenvalue weighted by molar-refractivity contribution is 6.01. The summed E-state index contributed by atoms with van der Waals surface area (Å²) in [5.41, 5.74) is 20.8. The number of rotatable bonds is 17. The monoisotopic (exact) mass is 690 g/mol. The van der Waals surface area contributed by atoms with Gasteiger partial charge in [0.1, 0.15) is 5.75 Å². The van der Waals surface area contributed by atoms with Gasteiger partial charge in [-0.2, -0.15) is 0 Å². The van der Waals surface area contributed by atoms with Gasteiger partial charge < -0.3 is 29.4 Å². The number of hydrogen-bond donors (Lipinski definition) is 2. The van der Waals surface area contributed by atoms with E-state index in [1.807, 2.05) is 54.6 Å². The molecule has 262 valence electrons. The summed E-state index contributed by atoms with van der Waals surface area (Å²) in [7, 11) is 3.09. The minimum Gasteiger partial charge on any atom is -0.494 e. The summed E-state index contributed by atoms with van der Waals surface area (Å²) in [6.45, 7) is 0.615. The molecule has 0 saturated carbocycles. The van der Waals surface area contributed by atoms with Crippen molar-refractivity contribution in [3.63, 3.8) is 0 Å². The number of nitrogens with zero attached hydrogens (tertiary/aromatic N) is 7. The minimum atomic E-state index is -1.58. The number of carbonyl (C=O) groups excluding carboxylic acids is 1. The van der Waals surface area contributed by atoms with E-state index in [4.69, 9.17) is 40.1 Å². The average Bonchev–Trinajstić information content (AvgIpc) is 3.56. The fourth-order valence-corrected chi connectivity index (χ4v) is 5.91. The second kappa shape index (κ2) is 17.5. The summed E-state index contributed by atoms with van der Waals surface area (Å²) < 4.78 is 23.3. The van der Waals surface area contributed by atoms with Crippen molar-refractivity contribution in [3.8, 4) is 17.2 Å². The van der Waals surface area contributed by atoms with Crippen LogP contribution in [0, 0.1) is 0 Å². The predicted molar refractivity (Wildman–Crippen MR) is 190 cm³/mol. The lowest BCUT2D eigenvalue weighted by Gasteiger charge is -2.32. The molecule has 0 saturated heterocycles. The Morgan fingerprint density at radius 3 is 2.25 bits per heavy atom. The Hall–Kier alpha value is -6.20. The zero-order valence-electron chi connectivity index (χ0n) is 28.3. The number of amides is 1. The van der Waals surface area contributed by atoms with Gasteiger partial charge >= 0.3 is 0 Å². The third-order valence-corrected chi connectivity index (χ3v) is 8.46. The van der Waals surface area contributed by atoms with Crippen LogP contribution in [0.25, 0.3) is 20.9 Å². The maximum absolute atomic E-state index is 14.9. The zero-order valence-corrected chi connectivity index (χ0v) is 28.3. The number of nitrogens with one attached hydrogen (secondary N) is 1. The molecule has 0 unspecified atom stereocenters. The van der Waals surface area contributed by atoms with Gasteiger partial charge in [0.15, 0.2) is 23.1 Å². The van der Waals surface area contributed by atoms with E-state index in [9.17, 15) is 4.79 Å². The maximum atomic E-state index is 14.9. The molecule has 0 aromatic heterocycles. The van der Waals surface area contributed by atoms with Gasteiger partial charge in [-0.3, -0.25) is 4.79 Å². The third-order valence-electron chi connectivity index (χ3n) is 8.46. The number of azide groups is 2. The molecule has 1 amide bonds. The topological polar surface area (TPSA) is 196 Å². The van der Waals surface area contributed by atoms with Crippen LogP contribution >= 0.6 is 0 Å². The molecule has 0 fully saturated rings. The van der Waals surface area contributed by atoms with E-state index >= 15 is 0 Å². The number of ether oxygens (including phenoxy) is 4. The number of aliphatic hydroxyl groups excluding tert-OH is 1. The smallest absolute Gasteiger partial charge is 0.252 e. The van der Waals surface area contributed by atoms with Gasteiger partial charge in [0.25, 0.3) is 5.91 Å². The molecule has 51 heavy (non-hydrogen) atoms. The first kappa shape index (κ1) is 36.1. The number of benzene rings is 4. The summed E-state index contributed by atoms with van der Waals surface area (Å²) in [4.78, 5) is 25.9. The SMILES string of the molecule is COc1ccc(CNC(=O)[C@]2(Cc3ccccc3CN=[N+]=[N-])N=C(c3ccc(OCCCO)cc3)O[C@@H]2c2ccccc2CN=[N+]=[N-])cc1OC. The predicted octanol–water partition coefficient (Wildman–Crippen LogP) is 6.90. The summed E-state index contributed by atoms with van der Waals surface area (Å²) in [5, 5.41) is 19.8. The van der Waals surface area contributed by atoms with Gasteiger partial charge in [0.05, 0.1) is 33.9 Å². The molecule has 1 heterocycles. The number of aliphatic hydroxyl groups is 1. The highest BCUT2D eigenvalue weighted by Crippen LogP contribution is 2.44. The van der Waals surface area contributed by atoms with E-state index in [0.29, 0.717) is 47.0 Å². The van der Waals surface area contributed by atoms with Crippen LogP contribution in [0.3, 0.4) is 0 Å². The van der Waals surface area contributed by atoms with E-state index in [0.717, 1.165) is 16.7 Å². The molecule has 2 atom stereocenters. The molecule has 4 aromatic rings. The van der Waals surface area contributed by atoms with Crippen LogP contribution in [0.4, 0.5) is 0 Å². The zero-order chi connectivity index (χ0) is 36.1. The Labute approximate surface area is 294 Å². The Bertz CT molecular complexity index is 1960. The van der Waals surface area contributed by atoms with Crippen LogP contribution in [0.2, 0.25) is 0 Å². The number of carbonyl (C=O) groups is 1. The van der Waals surface area contributed by atoms with E-state index in [1.165, 1.54) is 0 Å². The summed E-state index contributed by atoms with van der Waals surface area (Å²) in [6, 6.07) is 27.3. The molecule has 4 aromatic carbocycles. The first-order valence-corrected chi connectivity index (χ1v) is 16.2. The van der Waals surface area contributed by atoms with Crippen molar-refractivity contribution in [2.75, 3.05) is 27.4 Å². The van der Waals surface area contributed by atoms with E-state index < -0.39 is 17.6 Å². The second-order valence-corrected chi connectivity index (χ2v) is 11.6. The van der Waals surface area contributed by atoms with Crippen molar-refractivity contribution in [1.29, 1.82) is 0 Å². The van der Waals surface area contributed by atoms with Gasteiger partial charge in [-0.25, -0.2) is 4.99 Å². The lowest BCUT2D eigenvalue weighted by molar-refractivity contribution is -0.129. The molecule has 14 heteroatoms. The fraction of sp³-hybridized carbons (Fsp3) is 0.297. The highest BCUT2D eigenvalue weighted by atomic mass is 16.5. The molecule has 0 radical (unpaired) electrons. The first-order valence-electron chi connectivity index (χ1n) is 16.2. The fourth-order valence-electron chi connectivity index (χ4n) is 5.91. The lowest BCUT2D eigenvalue weighted by Crippen LogP contribution is -2.50. The molecular formula is C37H38N8O6. The van der Waals surface area contributed by atoms with Crippen molar-refractivity contribution in [2.45, 2.75) is 44.1 Å². The summed E-state index contributed by atoms with van der Waals surface area (Å²) in [5.74, 6) is 1.49. The molecular weight excluding hydrogens is 652 g/mol. The molecule has 2 N–H and O–H groups in total. The van der Waals surface area contributed by atoms with Gasteiger partial charge in [0.2, 0.25) is 5.90 Å². The average molecular weight is 691 g/mol. The number of hydrogen-bond acceptors (Lipinski definition) is 9. The molecule has 0 aliphatic carbocycles. The minimum absolute atomic E-state index is 0.0212. The maximum Gasteiger partial charge on any atom is 0.252 e. The summed E-state index contributed by atoms with van der Waals surface area (Å²) in [6.07, 6.45) is -0.388. The van der Waals surface area contributed by atoms with Crippen molar-refractivity contribution in [3.05, 3.63) is 145 Å². The van der Waals surface area contributed by atoms with Crippen molar-refractivity contribution < 1.29 is 28.8 Å². The number of aliphatic imine (C=N–C) groups is 1. The third kappa shape index (κ3) is 8.52. The van der Waals surface area contributed by atoms with E-state index in [1.54, 1.807) is 50.6 Å². The molecule has 5 rings (SSSR count). The Morgan fingerprint density at radius 1 is 0.902 bits per heavy atom. The second-order valence-electron chi connectivity index (χ2n) is 11.6.